The maximum Gasteiger partial charge on any atom is 0.191 e. The Bertz CT molecular complexity index is 378. The molecule has 6 nitrogen and oxygen atoms in total. The zero-order valence-electron chi connectivity index (χ0n) is 16.4. The maximum absolute atomic E-state index is 5.91. The normalized spacial score (nSPS) is 21.7. The van der Waals surface area contributed by atoms with Crippen molar-refractivity contribution in [3.8, 4) is 0 Å². The largest absolute Gasteiger partial charge is 0.379 e. The van der Waals surface area contributed by atoms with Crippen LogP contribution in [-0.2, 0) is 9.47 Å². The molecule has 1 aliphatic heterocycles. The van der Waals surface area contributed by atoms with Gasteiger partial charge in [-0.1, -0.05) is 26.7 Å². The molecule has 1 heterocycles. The standard InChI is InChI=1S/C19H38N4O2/c1-16(2)18(23-10-13-24-14-11-23)15-22-19(20-3)21-9-6-12-25-17-7-4-5-8-17/h16-18H,4-15H2,1-3H3,(H2,20,21,22). The average Bonchev–Trinajstić information content (AvgIpc) is 3.14. The van der Waals surface area contributed by atoms with E-state index in [9.17, 15) is 0 Å². The van der Waals surface area contributed by atoms with Crippen LogP contribution in [0.15, 0.2) is 4.99 Å². The molecule has 0 bridgehead atoms. The lowest BCUT2D eigenvalue weighted by Crippen LogP contribution is -2.52. The predicted octanol–water partition coefficient (Wildman–Crippen LogP) is 1.86. The van der Waals surface area contributed by atoms with E-state index in [1.807, 2.05) is 7.05 Å². The fourth-order valence-corrected chi connectivity index (χ4v) is 3.70. The fourth-order valence-electron chi connectivity index (χ4n) is 3.70. The van der Waals surface area contributed by atoms with Crippen molar-refractivity contribution in [2.75, 3.05) is 53.0 Å². The molecule has 25 heavy (non-hydrogen) atoms. The molecule has 1 atom stereocenters. The number of hydrogen-bond acceptors (Lipinski definition) is 4. The van der Waals surface area contributed by atoms with Gasteiger partial charge in [-0.15, -0.1) is 0 Å². The van der Waals surface area contributed by atoms with Crippen molar-refractivity contribution in [2.45, 2.75) is 58.1 Å². The predicted molar refractivity (Wildman–Crippen MR) is 103 cm³/mol. The Labute approximate surface area is 153 Å². The minimum Gasteiger partial charge on any atom is -0.379 e. The number of ether oxygens (including phenoxy) is 2. The Morgan fingerprint density at radius 1 is 1.20 bits per heavy atom. The van der Waals surface area contributed by atoms with Crippen LogP contribution in [0.1, 0.15) is 46.0 Å². The monoisotopic (exact) mass is 354 g/mol. The van der Waals surface area contributed by atoms with E-state index >= 15 is 0 Å². The summed E-state index contributed by atoms with van der Waals surface area (Å²) in [6, 6.07) is 0.508. The van der Waals surface area contributed by atoms with Crippen LogP contribution in [0.4, 0.5) is 0 Å². The third-order valence-corrected chi connectivity index (χ3v) is 5.26. The second kappa shape index (κ2) is 11.7. The van der Waals surface area contributed by atoms with Gasteiger partial charge in [-0.3, -0.25) is 9.89 Å². The first-order valence-corrected chi connectivity index (χ1v) is 10.1. The lowest BCUT2D eigenvalue weighted by molar-refractivity contribution is 0.00752. The van der Waals surface area contributed by atoms with Crippen LogP contribution in [0, 0.1) is 5.92 Å². The van der Waals surface area contributed by atoms with Crippen LogP contribution < -0.4 is 10.6 Å². The van der Waals surface area contributed by atoms with Gasteiger partial charge >= 0.3 is 0 Å². The van der Waals surface area contributed by atoms with Gasteiger partial charge in [-0.25, -0.2) is 0 Å². The third kappa shape index (κ3) is 7.50. The SMILES string of the molecule is CN=C(NCCCOC1CCCC1)NCC(C(C)C)N1CCOCC1. The Morgan fingerprint density at radius 2 is 1.92 bits per heavy atom. The van der Waals surface area contributed by atoms with Crippen molar-refractivity contribution in [3.63, 3.8) is 0 Å². The van der Waals surface area contributed by atoms with Gasteiger partial charge in [-0.2, -0.15) is 0 Å². The molecule has 1 saturated heterocycles. The molecule has 2 fully saturated rings. The first-order valence-electron chi connectivity index (χ1n) is 10.1. The molecule has 0 spiro atoms. The van der Waals surface area contributed by atoms with Crippen LogP contribution >= 0.6 is 0 Å². The van der Waals surface area contributed by atoms with E-state index in [1.165, 1.54) is 25.7 Å². The van der Waals surface area contributed by atoms with Gasteiger partial charge in [0.15, 0.2) is 5.96 Å². The van der Waals surface area contributed by atoms with Crippen LogP contribution in [-0.4, -0.2) is 76.1 Å². The van der Waals surface area contributed by atoms with Crippen LogP contribution in [0.2, 0.25) is 0 Å². The summed E-state index contributed by atoms with van der Waals surface area (Å²) in [6.07, 6.45) is 6.69. The van der Waals surface area contributed by atoms with Gasteiger partial charge in [0.05, 0.1) is 19.3 Å². The molecule has 6 heteroatoms. The molecule has 0 aromatic heterocycles. The molecule has 1 saturated carbocycles. The summed E-state index contributed by atoms with van der Waals surface area (Å²) in [7, 11) is 1.84. The van der Waals surface area contributed by atoms with Crippen LogP contribution in [0.25, 0.3) is 0 Å². The van der Waals surface area contributed by atoms with Crippen LogP contribution in [0.5, 0.6) is 0 Å². The first-order chi connectivity index (χ1) is 12.2. The highest BCUT2D eigenvalue weighted by molar-refractivity contribution is 5.79. The zero-order chi connectivity index (χ0) is 17.9. The number of rotatable bonds is 9. The van der Waals surface area contributed by atoms with E-state index in [2.05, 4.69) is 34.4 Å². The fraction of sp³-hybridized carbons (Fsp3) is 0.947. The topological polar surface area (TPSA) is 58.1 Å². The van der Waals surface area contributed by atoms with Gasteiger partial charge in [0.25, 0.3) is 0 Å². The van der Waals surface area contributed by atoms with Crippen LogP contribution in [0.3, 0.4) is 0 Å². The van der Waals surface area contributed by atoms with Crippen molar-refractivity contribution in [2.24, 2.45) is 10.9 Å². The Morgan fingerprint density at radius 3 is 2.56 bits per heavy atom. The second-order valence-corrected chi connectivity index (χ2v) is 7.47. The lowest BCUT2D eigenvalue weighted by Gasteiger charge is -2.37. The molecule has 0 amide bonds. The highest BCUT2D eigenvalue weighted by atomic mass is 16.5. The quantitative estimate of drug-likeness (QED) is 0.376. The Hall–Kier alpha value is -0.850. The molecule has 1 aliphatic carbocycles. The molecule has 146 valence electrons. The number of aliphatic imine (C=N–C) groups is 1. The molecule has 1 unspecified atom stereocenters. The van der Waals surface area contributed by atoms with Crippen molar-refractivity contribution in [3.05, 3.63) is 0 Å². The van der Waals surface area contributed by atoms with Gasteiger partial charge in [0.2, 0.25) is 0 Å². The molecule has 2 rings (SSSR count). The molecular weight excluding hydrogens is 316 g/mol. The highest BCUT2D eigenvalue weighted by Gasteiger charge is 2.23. The average molecular weight is 355 g/mol. The summed E-state index contributed by atoms with van der Waals surface area (Å²) in [5.41, 5.74) is 0. The van der Waals surface area contributed by atoms with Crippen molar-refractivity contribution < 1.29 is 9.47 Å². The van der Waals surface area contributed by atoms with Gasteiger partial charge < -0.3 is 20.1 Å². The molecule has 0 aromatic rings. The van der Waals surface area contributed by atoms with E-state index in [4.69, 9.17) is 9.47 Å². The number of hydrogen-bond donors (Lipinski definition) is 2. The second-order valence-electron chi connectivity index (χ2n) is 7.47. The summed E-state index contributed by atoms with van der Waals surface area (Å²) in [4.78, 5) is 6.88. The zero-order valence-corrected chi connectivity index (χ0v) is 16.4. The van der Waals surface area contributed by atoms with E-state index in [-0.39, 0.29) is 0 Å². The molecule has 0 aromatic carbocycles. The van der Waals surface area contributed by atoms with Gasteiger partial charge in [0.1, 0.15) is 0 Å². The number of nitrogens with one attached hydrogen (secondary N) is 2. The highest BCUT2D eigenvalue weighted by Crippen LogP contribution is 2.20. The number of guanidine groups is 1. The van der Waals surface area contributed by atoms with Gasteiger partial charge in [0, 0.05) is 45.9 Å². The summed E-state index contributed by atoms with van der Waals surface area (Å²) in [6.45, 7) is 11.0. The summed E-state index contributed by atoms with van der Waals surface area (Å²) >= 11 is 0. The lowest BCUT2D eigenvalue weighted by atomic mass is 10.0. The Kier molecular flexibility index (Phi) is 9.58. The van der Waals surface area contributed by atoms with E-state index in [0.29, 0.717) is 18.1 Å². The number of nitrogens with zero attached hydrogens (tertiary/aromatic N) is 2. The number of morpholine rings is 1. The smallest absolute Gasteiger partial charge is 0.191 e. The first kappa shape index (κ1) is 20.5. The van der Waals surface area contributed by atoms with E-state index in [0.717, 1.165) is 58.4 Å². The molecular formula is C19H38N4O2. The molecule has 2 aliphatic rings. The minimum absolute atomic E-state index is 0.508. The maximum atomic E-state index is 5.91. The summed E-state index contributed by atoms with van der Waals surface area (Å²) < 4.78 is 11.4. The third-order valence-electron chi connectivity index (χ3n) is 5.26. The summed E-state index contributed by atoms with van der Waals surface area (Å²) in [5, 5.41) is 6.90. The molecule has 2 N–H and O–H groups in total. The Balaban J connectivity index is 1.62. The molecule has 0 radical (unpaired) electrons. The van der Waals surface area contributed by atoms with E-state index in [1.54, 1.807) is 0 Å². The van der Waals surface area contributed by atoms with Crippen molar-refractivity contribution in [1.29, 1.82) is 0 Å². The van der Waals surface area contributed by atoms with Gasteiger partial charge in [-0.05, 0) is 25.2 Å². The summed E-state index contributed by atoms with van der Waals surface area (Å²) in [5.74, 6) is 1.49. The van der Waals surface area contributed by atoms with Crippen molar-refractivity contribution >= 4 is 5.96 Å². The van der Waals surface area contributed by atoms with E-state index < -0.39 is 0 Å². The minimum atomic E-state index is 0.508. The van der Waals surface area contributed by atoms with Crippen molar-refractivity contribution in [1.82, 2.24) is 15.5 Å².